The van der Waals surface area contributed by atoms with Gasteiger partial charge in [-0.25, -0.2) is 4.79 Å². The number of esters is 1. The van der Waals surface area contributed by atoms with Crippen molar-refractivity contribution < 1.29 is 32.1 Å². The van der Waals surface area contributed by atoms with Crippen LogP contribution in [0.1, 0.15) is 6.42 Å². The van der Waals surface area contributed by atoms with Crippen molar-refractivity contribution in [3.05, 3.63) is 0 Å². The Morgan fingerprint density at radius 3 is 2.50 bits per heavy atom. The fraction of sp³-hybridized carbons (Fsp3) is 0.500. The first-order valence-electron chi connectivity index (χ1n) is 4.79. The zero-order chi connectivity index (χ0) is 14.8. The van der Waals surface area contributed by atoms with Crippen molar-refractivity contribution in [1.82, 2.24) is 9.62 Å². The first-order valence-corrected chi connectivity index (χ1v) is 6.18. The zero-order valence-corrected chi connectivity index (χ0v) is 10.4. The third-order valence-corrected chi connectivity index (χ3v) is 3.20. The number of hydrogen-bond acceptors (Lipinski definition) is 7. The number of rotatable bonds is 4. The summed E-state index contributed by atoms with van der Waals surface area (Å²) in [5.41, 5.74) is 0. The van der Waals surface area contributed by atoms with E-state index in [0.29, 0.717) is 0 Å². The average Bonchev–Trinajstić information content (AvgIpc) is 2.30. The molecule has 2 N–H and O–H groups in total. The van der Waals surface area contributed by atoms with Crippen molar-refractivity contribution in [2.24, 2.45) is 0 Å². The number of ether oxygens (including phenoxy) is 1. The standard InChI is InChI=1S/C8H9N3O7S.Na.H/c1-18-8(14)6-5(10-4(12)2-3-9)7(13)11(6)19(15,16)17;;/h5-6H,2H2,1H3,(H,10,12)(H,15,16,17);;. The molecule has 12 heteroatoms. The average molecular weight is 315 g/mol. The summed E-state index contributed by atoms with van der Waals surface area (Å²) in [4.78, 5) is 33.9. The molecule has 1 rings (SSSR count). The number of hydrogen-bond donors (Lipinski definition) is 2. The van der Waals surface area contributed by atoms with E-state index in [0.717, 1.165) is 7.11 Å². The molecule has 1 saturated heterocycles. The van der Waals surface area contributed by atoms with Crippen LogP contribution in [0, 0.1) is 11.3 Å². The molecule has 1 heterocycles. The number of nitrogens with one attached hydrogen (secondary N) is 1. The summed E-state index contributed by atoms with van der Waals surface area (Å²) in [5, 5.41) is 10.3. The van der Waals surface area contributed by atoms with E-state index < -0.39 is 46.6 Å². The van der Waals surface area contributed by atoms with Crippen molar-refractivity contribution in [3.8, 4) is 6.07 Å². The quantitative estimate of drug-likeness (QED) is 0.240. The van der Waals surface area contributed by atoms with Crippen LogP contribution in [0.25, 0.3) is 0 Å². The maximum atomic E-state index is 11.5. The van der Waals surface area contributed by atoms with E-state index in [1.54, 1.807) is 0 Å². The number of nitrogens with zero attached hydrogens (tertiary/aromatic N) is 2. The van der Waals surface area contributed by atoms with E-state index >= 15 is 0 Å². The minimum absolute atomic E-state index is 0. The van der Waals surface area contributed by atoms with Gasteiger partial charge in [-0.3, -0.25) is 14.1 Å². The van der Waals surface area contributed by atoms with Gasteiger partial charge in [-0.15, -0.1) is 0 Å². The van der Waals surface area contributed by atoms with E-state index in [1.807, 2.05) is 5.32 Å². The summed E-state index contributed by atoms with van der Waals surface area (Å²) in [6, 6.07) is -1.66. The summed E-state index contributed by atoms with van der Waals surface area (Å²) in [6.45, 7) is 0. The molecule has 2 unspecified atom stereocenters. The van der Waals surface area contributed by atoms with Crippen LogP contribution in [-0.4, -0.2) is 83.8 Å². The van der Waals surface area contributed by atoms with Gasteiger partial charge < -0.3 is 10.1 Å². The van der Waals surface area contributed by atoms with Crippen molar-refractivity contribution >= 4 is 57.6 Å². The Balaban J connectivity index is 0.00000361. The third-order valence-electron chi connectivity index (χ3n) is 2.30. The number of carbonyl (C=O) groups is 3. The predicted molar refractivity (Wildman–Crippen MR) is 63.5 cm³/mol. The molecule has 0 aromatic rings. The van der Waals surface area contributed by atoms with Gasteiger partial charge in [-0.2, -0.15) is 18.0 Å². The van der Waals surface area contributed by atoms with Crippen molar-refractivity contribution in [1.29, 1.82) is 5.26 Å². The number of nitriles is 1. The minimum atomic E-state index is -4.93. The molecule has 0 aromatic carbocycles. The van der Waals surface area contributed by atoms with E-state index in [-0.39, 0.29) is 33.9 Å². The molecule has 0 aromatic heterocycles. The molecule has 0 spiro atoms. The van der Waals surface area contributed by atoms with Crippen molar-refractivity contribution in [3.63, 3.8) is 0 Å². The summed E-state index contributed by atoms with van der Waals surface area (Å²) in [5.74, 6) is -3.17. The van der Waals surface area contributed by atoms with Gasteiger partial charge in [0.25, 0.3) is 5.91 Å². The third kappa shape index (κ3) is 3.68. The van der Waals surface area contributed by atoms with Gasteiger partial charge in [0.2, 0.25) is 5.91 Å². The number of methoxy groups -OCH3 is 1. The monoisotopic (exact) mass is 315 g/mol. The molecule has 10 nitrogen and oxygen atoms in total. The van der Waals surface area contributed by atoms with Crippen LogP contribution in [0.2, 0.25) is 0 Å². The molecule has 1 aliphatic rings. The Morgan fingerprint density at radius 2 is 2.10 bits per heavy atom. The van der Waals surface area contributed by atoms with Crippen LogP contribution in [0.4, 0.5) is 0 Å². The molecule has 1 aliphatic heterocycles. The van der Waals surface area contributed by atoms with Crippen LogP contribution < -0.4 is 5.32 Å². The number of amides is 2. The SMILES string of the molecule is COC(=O)C1C(NC(=O)CC#N)C(=O)N1S(=O)(=O)O.[NaH]. The topological polar surface area (TPSA) is 154 Å². The maximum absolute atomic E-state index is 11.5. The molecule has 106 valence electrons. The Bertz CT molecular complexity index is 569. The first-order chi connectivity index (χ1) is 8.73. The van der Waals surface area contributed by atoms with E-state index in [9.17, 15) is 22.8 Å². The molecule has 0 bridgehead atoms. The second-order valence-corrected chi connectivity index (χ2v) is 4.75. The number of β-lactam (4-membered cyclic amide) rings is 1. The molecular formula is C8H10N3NaO7S. The van der Waals surface area contributed by atoms with Crippen LogP contribution in [0.5, 0.6) is 0 Å². The van der Waals surface area contributed by atoms with Gasteiger partial charge in [-0.05, 0) is 0 Å². The fourth-order valence-corrected chi connectivity index (χ4v) is 2.34. The second-order valence-electron chi connectivity index (χ2n) is 3.46. The predicted octanol–water partition coefficient (Wildman–Crippen LogP) is -3.08. The second kappa shape index (κ2) is 7.00. The van der Waals surface area contributed by atoms with Crippen LogP contribution in [-0.2, 0) is 29.4 Å². The summed E-state index contributed by atoms with van der Waals surface area (Å²) in [7, 11) is -3.99. The van der Waals surface area contributed by atoms with Crippen LogP contribution in [0.3, 0.4) is 0 Å². The molecular weight excluding hydrogens is 305 g/mol. The molecule has 2 atom stereocenters. The van der Waals surface area contributed by atoms with Gasteiger partial charge in [0, 0.05) is 0 Å². The van der Waals surface area contributed by atoms with Crippen molar-refractivity contribution in [2.75, 3.05) is 7.11 Å². The number of carbonyl (C=O) groups excluding carboxylic acids is 3. The Labute approximate surface area is 136 Å². The summed E-state index contributed by atoms with van der Waals surface area (Å²) < 4.78 is 34.8. The molecule has 0 aliphatic carbocycles. The van der Waals surface area contributed by atoms with E-state index in [1.165, 1.54) is 6.07 Å². The zero-order valence-electron chi connectivity index (χ0n) is 9.56. The molecule has 20 heavy (non-hydrogen) atoms. The Morgan fingerprint density at radius 1 is 1.55 bits per heavy atom. The van der Waals surface area contributed by atoms with Crippen LogP contribution in [0.15, 0.2) is 0 Å². The van der Waals surface area contributed by atoms with Gasteiger partial charge in [0.1, 0.15) is 12.5 Å². The molecule has 0 saturated carbocycles. The fourth-order valence-electron chi connectivity index (χ4n) is 1.51. The summed E-state index contributed by atoms with van der Waals surface area (Å²) >= 11 is 0. The van der Waals surface area contributed by atoms with E-state index in [4.69, 9.17) is 9.81 Å². The molecule has 1 fully saturated rings. The van der Waals surface area contributed by atoms with Gasteiger partial charge >= 0.3 is 45.8 Å². The Hall–Kier alpha value is -1.19. The van der Waals surface area contributed by atoms with Gasteiger partial charge in [0.05, 0.1) is 13.2 Å². The molecule has 2 amide bonds. The van der Waals surface area contributed by atoms with Gasteiger partial charge in [0.15, 0.2) is 6.04 Å². The van der Waals surface area contributed by atoms with Gasteiger partial charge in [-0.1, -0.05) is 0 Å². The van der Waals surface area contributed by atoms with Crippen LogP contribution >= 0.6 is 0 Å². The van der Waals surface area contributed by atoms with Crippen molar-refractivity contribution in [2.45, 2.75) is 18.5 Å². The first kappa shape index (κ1) is 18.8. The Kier molecular flexibility index (Phi) is 6.59. The summed E-state index contributed by atoms with van der Waals surface area (Å²) in [6.07, 6.45) is -0.566. The normalized spacial score (nSPS) is 21.1. The molecule has 0 radical (unpaired) electrons. The van der Waals surface area contributed by atoms with E-state index in [2.05, 4.69) is 4.74 Å².